The van der Waals surface area contributed by atoms with Crippen molar-refractivity contribution in [2.24, 2.45) is 0 Å². The molecule has 11 heavy (non-hydrogen) atoms. The molecule has 1 aromatic heterocycles. The normalized spacial score (nSPS) is 9.73. The molecule has 1 aromatic rings. The third-order valence-electron chi connectivity index (χ3n) is 1.30. The average molecular weight is 161 g/mol. The Morgan fingerprint density at radius 3 is 2.55 bits per heavy atom. The van der Waals surface area contributed by atoms with Gasteiger partial charge < -0.3 is 4.90 Å². The van der Waals surface area contributed by atoms with Crippen molar-refractivity contribution in [2.45, 2.75) is 6.54 Å². The summed E-state index contributed by atoms with van der Waals surface area (Å²) in [5.41, 5.74) is 1.17. The summed E-state index contributed by atoms with van der Waals surface area (Å²) in [4.78, 5) is 3.52. The van der Waals surface area contributed by atoms with E-state index >= 15 is 0 Å². The van der Waals surface area contributed by atoms with Gasteiger partial charge in [0.2, 0.25) is 0 Å². The van der Waals surface area contributed by atoms with Crippen LogP contribution in [-0.4, -0.2) is 19.0 Å². The van der Waals surface area contributed by atoms with Crippen molar-refractivity contribution >= 4 is 11.3 Å². The molecule has 1 heterocycles. The SMILES string of the molecule is [CH2-]c1ccsc1CN(C)C.[Li+]. The molecule has 0 spiro atoms. The number of nitrogens with zero attached hydrogens (tertiary/aromatic N) is 1. The Bertz CT molecular complexity index is 208. The molecule has 3 heteroatoms. The van der Waals surface area contributed by atoms with Gasteiger partial charge in [-0.15, -0.1) is 0 Å². The zero-order valence-corrected chi connectivity index (χ0v) is 8.24. The first-order chi connectivity index (χ1) is 4.70. The second-order valence-corrected chi connectivity index (χ2v) is 3.61. The molecule has 0 N–H and O–H groups in total. The summed E-state index contributed by atoms with van der Waals surface area (Å²) in [5, 5.41) is 2.08. The largest absolute Gasteiger partial charge is 1.00 e. The van der Waals surface area contributed by atoms with E-state index in [1.165, 1.54) is 10.4 Å². The maximum Gasteiger partial charge on any atom is 1.00 e. The molecule has 0 atom stereocenters. The first-order valence-corrected chi connectivity index (χ1v) is 4.11. The Kier molecular flexibility index (Phi) is 4.95. The molecule has 0 saturated carbocycles. The van der Waals surface area contributed by atoms with E-state index in [0.717, 1.165) is 6.54 Å². The number of hydrogen-bond donors (Lipinski definition) is 0. The smallest absolute Gasteiger partial charge is 0.316 e. The number of thiophene rings is 1. The van der Waals surface area contributed by atoms with Crippen LogP contribution in [0.2, 0.25) is 0 Å². The molecule has 1 rings (SSSR count). The predicted molar refractivity (Wildman–Crippen MR) is 46.2 cm³/mol. The van der Waals surface area contributed by atoms with Crippen LogP contribution < -0.4 is 18.9 Å². The Hall–Kier alpha value is 0.127. The van der Waals surface area contributed by atoms with Gasteiger partial charge in [0.15, 0.2) is 0 Å². The topological polar surface area (TPSA) is 3.24 Å². The van der Waals surface area contributed by atoms with Crippen molar-refractivity contribution < 1.29 is 18.9 Å². The second kappa shape index (κ2) is 4.90. The fraction of sp³-hybridized carbons (Fsp3) is 0.375. The first kappa shape index (κ1) is 11.1. The fourth-order valence-electron chi connectivity index (χ4n) is 0.793. The Morgan fingerprint density at radius 2 is 2.18 bits per heavy atom. The van der Waals surface area contributed by atoms with Crippen LogP contribution in [0.1, 0.15) is 10.4 Å². The van der Waals surface area contributed by atoms with Crippen LogP contribution in [0.25, 0.3) is 0 Å². The minimum atomic E-state index is 0. The van der Waals surface area contributed by atoms with Gasteiger partial charge in [0, 0.05) is 0 Å². The van der Waals surface area contributed by atoms with E-state index in [2.05, 4.69) is 37.4 Å². The maximum absolute atomic E-state index is 3.92. The van der Waals surface area contributed by atoms with E-state index in [-0.39, 0.29) is 18.9 Å². The van der Waals surface area contributed by atoms with E-state index in [0.29, 0.717) is 0 Å². The Labute approximate surface area is 84.6 Å². The molecule has 0 unspecified atom stereocenters. The van der Waals surface area contributed by atoms with Gasteiger partial charge in [-0.3, -0.25) is 0 Å². The minimum absolute atomic E-state index is 0. The van der Waals surface area contributed by atoms with Crippen molar-refractivity contribution in [3.05, 3.63) is 28.8 Å². The quantitative estimate of drug-likeness (QED) is 0.397. The first-order valence-electron chi connectivity index (χ1n) is 3.23. The van der Waals surface area contributed by atoms with Crippen molar-refractivity contribution in [1.82, 2.24) is 4.90 Å². The molecule has 0 aliphatic rings. The molecular formula is C8H12LiNS. The molecule has 0 fully saturated rings. The van der Waals surface area contributed by atoms with Gasteiger partial charge in [0.1, 0.15) is 0 Å². The molecule has 0 saturated heterocycles. The zero-order chi connectivity index (χ0) is 7.56. The van der Waals surface area contributed by atoms with Crippen LogP contribution in [-0.2, 0) is 6.54 Å². The monoisotopic (exact) mass is 161 g/mol. The molecule has 0 bridgehead atoms. The van der Waals surface area contributed by atoms with E-state index < -0.39 is 0 Å². The summed E-state index contributed by atoms with van der Waals surface area (Å²) in [7, 11) is 4.14. The summed E-state index contributed by atoms with van der Waals surface area (Å²) < 4.78 is 0. The molecule has 1 nitrogen and oxygen atoms in total. The summed E-state index contributed by atoms with van der Waals surface area (Å²) in [5.74, 6) is 0. The molecule has 0 amide bonds. The van der Waals surface area contributed by atoms with Crippen LogP contribution in [0.5, 0.6) is 0 Å². The van der Waals surface area contributed by atoms with Crippen molar-refractivity contribution in [3.63, 3.8) is 0 Å². The van der Waals surface area contributed by atoms with E-state index in [9.17, 15) is 0 Å². The summed E-state index contributed by atoms with van der Waals surface area (Å²) in [6.07, 6.45) is 0. The van der Waals surface area contributed by atoms with Crippen molar-refractivity contribution in [1.29, 1.82) is 0 Å². The van der Waals surface area contributed by atoms with Crippen molar-refractivity contribution in [2.75, 3.05) is 14.1 Å². The van der Waals surface area contributed by atoms with Gasteiger partial charge in [0.25, 0.3) is 0 Å². The van der Waals surface area contributed by atoms with Gasteiger partial charge in [-0.1, -0.05) is 10.3 Å². The average Bonchev–Trinajstić information content (AvgIpc) is 2.15. The minimum Gasteiger partial charge on any atom is -0.316 e. The van der Waals surface area contributed by atoms with Crippen LogP contribution in [0.3, 0.4) is 0 Å². The Morgan fingerprint density at radius 1 is 1.55 bits per heavy atom. The van der Waals surface area contributed by atoms with Crippen LogP contribution >= 0.6 is 11.3 Å². The second-order valence-electron chi connectivity index (χ2n) is 2.61. The zero-order valence-electron chi connectivity index (χ0n) is 7.42. The van der Waals surface area contributed by atoms with E-state index in [4.69, 9.17) is 0 Å². The van der Waals surface area contributed by atoms with Gasteiger partial charge in [-0.2, -0.15) is 18.6 Å². The Balaban J connectivity index is 0.000001000. The van der Waals surface area contributed by atoms with Crippen LogP contribution in [0.15, 0.2) is 11.4 Å². The maximum atomic E-state index is 3.92. The molecular weight excluding hydrogens is 149 g/mol. The summed E-state index contributed by atoms with van der Waals surface area (Å²) >= 11 is 1.77. The van der Waals surface area contributed by atoms with E-state index in [1.54, 1.807) is 11.3 Å². The van der Waals surface area contributed by atoms with Crippen LogP contribution in [0, 0.1) is 6.92 Å². The molecule has 0 aliphatic carbocycles. The number of hydrogen-bond acceptors (Lipinski definition) is 2. The van der Waals surface area contributed by atoms with Gasteiger partial charge in [0.05, 0.1) is 0 Å². The molecule has 0 aliphatic heterocycles. The molecule has 56 valence electrons. The van der Waals surface area contributed by atoms with Crippen molar-refractivity contribution in [3.8, 4) is 0 Å². The van der Waals surface area contributed by atoms with E-state index in [1.807, 2.05) is 0 Å². The standard InChI is InChI=1S/C8H12NS.Li/c1-7-4-5-10-8(7)6-9(2)3;/h4-5H,1,6H2,2-3H3;/q-1;+1. The third-order valence-corrected chi connectivity index (χ3v) is 2.25. The van der Waals surface area contributed by atoms with Gasteiger partial charge >= 0.3 is 18.9 Å². The fourth-order valence-corrected chi connectivity index (χ4v) is 1.74. The number of rotatable bonds is 2. The van der Waals surface area contributed by atoms with Gasteiger partial charge in [-0.05, 0) is 20.6 Å². The third kappa shape index (κ3) is 3.35. The van der Waals surface area contributed by atoms with Crippen LogP contribution in [0.4, 0.5) is 0 Å². The summed E-state index contributed by atoms with van der Waals surface area (Å²) in [6, 6.07) is 2.06. The predicted octanol–water partition coefficient (Wildman–Crippen LogP) is -1.00. The van der Waals surface area contributed by atoms with Gasteiger partial charge in [-0.25, -0.2) is 11.3 Å². The molecule has 0 radical (unpaired) electrons. The molecule has 0 aromatic carbocycles. The summed E-state index contributed by atoms with van der Waals surface area (Å²) in [6.45, 7) is 4.93.